The van der Waals surface area contributed by atoms with E-state index in [4.69, 9.17) is 0 Å². The first-order valence-electron chi connectivity index (χ1n) is 29.1. The van der Waals surface area contributed by atoms with Crippen molar-refractivity contribution in [3.05, 3.63) is 152 Å². The predicted octanol–water partition coefficient (Wildman–Crippen LogP) is 16.8. The molecular weight excluding hydrogens is 818 g/mol. The van der Waals surface area contributed by atoms with Crippen LogP contribution in [0, 0.1) is 0 Å². The number of hydrogen-bond acceptors (Lipinski definition) is 0. The van der Waals surface area contributed by atoms with Crippen LogP contribution < -0.4 is 26.8 Å². The van der Waals surface area contributed by atoms with Gasteiger partial charge in [0, 0.05) is 0 Å². The summed E-state index contributed by atoms with van der Waals surface area (Å²) in [6.07, 6.45) is 45.3. The molecule has 0 unspecified atom stereocenters. The van der Waals surface area contributed by atoms with E-state index in [0.29, 0.717) is 0 Å². The molecule has 0 aliphatic heterocycles. The van der Waals surface area contributed by atoms with Gasteiger partial charge in [-0.05, 0) is 37.8 Å². The van der Waals surface area contributed by atoms with E-state index in [1.165, 1.54) is 246 Å². The summed E-state index contributed by atoms with van der Waals surface area (Å²) in [7, 11) is 0. The van der Waals surface area contributed by atoms with Crippen LogP contribution in [0.15, 0.2) is 152 Å². The molecule has 1 nitrogen and oxygen atoms in total. The Balaban J connectivity index is 0.000000337. The van der Waals surface area contributed by atoms with Gasteiger partial charge < -0.3 is 4.90 Å². The molecule has 5 rings (SSSR count). The summed E-state index contributed by atoms with van der Waals surface area (Å²) in [4.78, 5) is 1.73. The summed E-state index contributed by atoms with van der Waals surface area (Å²) in [6.45, 7) is 7.26. The minimum atomic E-state index is -1.22. The third kappa shape index (κ3) is 23.2. The van der Waals surface area contributed by atoms with Crippen molar-refractivity contribution < 1.29 is 4.90 Å². The van der Waals surface area contributed by atoms with Crippen LogP contribution in [0.5, 0.6) is 0 Å². The molecule has 0 aromatic heterocycles. The van der Waals surface area contributed by atoms with Crippen molar-refractivity contribution in [2.45, 2.75) is 219 Å². The first kappa shape index (κ1) is 56.7. The van der Waals surface area contributed by atoms with Crippen LogP contribution in [0.1, 0.15) is 219 Å². The summed E-state index contributed by atoms with van der Waals surface area (Å²) in [5, 5.41) is 0. The minimum Gasteiger partial charge on any atom is -0.302 e. The van der Waals surface area contributed by atoms with Crippen LogP contribution >= 0.6 is 0 Å². The van der Waals surface area contributed by atoms with E-state index in [-0.39, 0.29) is 0 Å². The number of hydrogen-bond donors (Lipinski definition) is 1. The van der Waals surface area contributed by atoms with Gasteiger partial charge in [0.2, 0.25) is 0 Å². The van der Waals surface area contributed by atoms with Gasteiger partial charge in [-0.2, -0.15) is 21.9 Å². The zero-order chi connectivity index (χ0) is 47.7. The quantitative estimate of drug-likeness (QED) is 0.0296. The SMILES string of the molecule is CCCCCCCCCCCCCCCCCC[NH+](CCCCCCCCCCCCCCCCCC)c1ccccc1.c1ccc([B-](c2ccccc2)(c2ccccc2)c2ccccc2)cc1. The Morgan fingerprint density at radius 3 is 0.647 bits per heavy atom. The second-order valence-electron chi connectivity index (χ2n) is 20.6. The zero-order valence-corrected chi connectivity index (χ0v) is 44.1. The number of quaternary nitrogens is 1. The number of unbranched alkanes of at least 4 members (excludes halogenated alkanes) is 30. The molecule has 0 heterocycles. The summed E-state index contributed by atoms with van der Waals surface area (Å²) < 4.78 is 0. The maximum Gasteiger partial charge on any atom is 0.131 e. The van der Waals surface area contributed by atoms with E-state index in [2.05, 4.69) is 166 Å². The third-order valence-electron chi connectivity index (χ3n) is 15.0. The van der Waals surface area contributed by atoms with Gasteiger partial charge in [-0.3, -0.25) is 0 Å². The van der Waals surface area contributed by atoms with E-state index in [0.717, 1.165) is 0 Å². The lowest BCUT2D eigenvalue weighted by molar-refractivity contribution is -0.833. The predicted molar refractivity (Wildman–Crippen MR) is 306 cm³/mol. The Bertz CT molecular complexity index is 1610. The molecule has 5 aromatic rings. The Hall–Kier alpha value is -3.88. The molecular formula is C66H100BN. The van der Waals surface area contributed by atoms with Gasteiger partial charge in [-0.25, -0.2) is 0 Å². The number of para-hydroxylation sites is 1. The Morgan fingerprint density at radius 2 is 0.426 bits per heavy atom. The Labute approximate surface area is 420 Å². The first-order chi connectivity index (χ1) is 33.8. The van der Waals surface area contributed by atoms with Gasteiger partial charge in [-0.1, -0.05) is 333 Å². The van der Waals surface area contributed by atoms with Crippen molar-refractivity contribution in [1.29, 1.82) is 0 Å². The highest BCUT2D eigenvalue weighted by molar-refractivity contribution is 7.19. The first-order valence-corrected chi connectivity index (χ1v) is 29.1. The number of nitrogens with one attached hydrogen (secondary N) is 1. The van der Waals surface area contributed by atoms with Crippen LogP contribution in [-0.4, -0.2) is 19.2 Å². The van der Waals surface area contributed by atoms with Crippen molar-refractivity contribution >= 4 is 33.7 Å². The van der Waals surface area contributed by atoms with Gasteiger partial charge in [-0.15, -0.1) is 0 Å². The smallest absolute Gasteiger partial charge is 0.131 e. The highest BCUT2D eigenvalue weighted by Crippen LogP contribution is 2.16. The van der Waals surface area contributed by atoms with Crippen molar-refractivity contribution in [3.63, 3.8) is 0 Å². The highest BCUT2D eigenvalue weighted by Gasteiger charge is 2.31. The van der Waals surface area contributed by atoms with Gasteiger partial charge >= 0.3 is 0 Å². The number of benzene rings is 5. The lowest BCUT2D eigenvalue weighted by Crippen LogP contribution is -3.07. The van der Waals surface area contributed by atoms with E-state index in [9.17, 15) is 0 Å². The van der Waals surface area contributed by atoms with Crippen LogP contribution in [0.4, 0.5) is 5.69 Å². The summed E-state index contributed by atoms with van der Waals surface area (Å²) >= 11 is 0. The summed E-state index contributed by atoms with van der Waals surface area (Å²) in [6, 6.07) is 54.9. The lowest BCUT2D eigenvalue weighted by Gasteiger charge is -2.44. The second-order valence-corrected chi connectivity index (χ2v) is 20.6. The molecule has 0 saturated carbocycles. The van der Waals surface area contributed by atoms with E-state index in [1.54, 1.807) is 4.90 Å². The van der Waals surface area contributed by atoms with E-state index < -0.39 is 6.15 Å². The molecule has 0 amide bonds. The molecule has 5 aromatic carbocycles. The van der Waals surface area contributed by atoms with E-state index >= 15 is 0 Å². The molecule has 0 aliphatic carbocycles. The molecule has 0 radical (unpaired) electrons. The van der Waals surface area contributed by atoms with Crippen molar-refractivity contribution in [3.8, 4) is 0 Å². The highest BCUT2D eigenvalue weighted by atomic mass is 15.1. The molecule has 0 saturated heterocycles. The fraction of sp³-hybridized carbons (Fsp3) is 0.545. The monoisotopic (exact) mass is 918 g/mol. The molecule has 0 bridgehead atoms. The largest absolute Gasteiger partial charge is 0.302 e. The van der Waals surface area contributed by atoms with Crippen molar-refractivity contribution in [2.75, 3.05) is 13.1 Å². The number of rotatable bonds is 39. The van der Waals surface area contributed by atoms with Crippen molar-refractivity contribution in [2.24, 2.45) is 0 Å². The van der Waals surface area contributed by atoms with Crippen LogP contribution in [0.25, 0.3) is 0 Å². The standard InChI is InChI=1S/C42H79N.C24H20B/c1-3-5-7-9-11-13-15-17-19-21-23-25-27-29-31-36-40-43(42-38-34-33-35-39-42)41-37-32-30-28-26-24-22-20-18-16-14-12-10-8-6-4-2;1-5-13-21(14-6-1)25(22-15-7-2-8-16-22,23-17-9-3-10-18-23)24-19-11-4-12-20-24/h33-35,38-39H,3-32,36-37,40-41H2,1-2H3;1-20H/q;-1/p+1. The Morgan fingerprint density at radius 1 is 0.235 bits per heavy atom. The van der Waals surface area contributed by atoms with Gasteiger partial charge in [0.25, 0.3) is 0 Å². The van der Waals surface area contributed by atoms with Crippen LogP contribution in [0.2, 0.25) is 0 Å². The molecule has 1 N–H and O–H groups in total. The molecule has 68 heavy (non-hydrogen) atoms. The Kier molecular flexibility index (Phi) is 32.5. The van der Waals surface area contributed by atoms with Gasteiger partial charge in [0.15, 0.2) is 0 Å². The molecule has 0 atom stereocenters. The molecule has 0 aliphatic rings. The average molecular weight is 918 g/mol. The maximum absolute atomic E-state index is 2.36. The van der Waals surface area contributed by atoms with E-state index in [1.807, 2.05) is 0 Å². The van der Waals surface area contributed by atoms with Crippen LogP contribution in [0.3, 0.4) is 0 Å². The minimum absolute atomic E-state index is 1.22. The topological polar surface area (TPSA) is 4.44 Å². The van der Waals surface area contributed by atoms with Gasteiger partial charge in [0.05, 0.1) is 13.1 Å². The van der Waals surface area contributed by atoms with Crippen molar-refractivity contribution in [1.82, 2.24) is 0 Å². The van der Waals surface area contributed by atoms with Gasteiger partial charge in [0.1, 0.15) is 11.8 Å². The molecule has 0 fully saturated rings. The summed E-state index contributed by atoms with van der Waals surface area (Å²) in [5.41, 5.74) is 6.87. The average Bonchev–Trinajstić information content (AvgIpc) is 3.39. The normalized spacial score (nSPS) is 11.5. The fourth-order valence-corrected chi connectivity index (χ4v) is 11.0. The zero-order valence-electron chi connectivity index (χ0n) is 44.1. The summed E-state index contributed by atoms with van der Waals surface area (Å²) in [5.74, 6) is 0. The molecule has 0 spiro atoms. The third-order valence-corrected chi connectivity index (χ3v) is 15.0. The second kappa shape index (κ2) is 38.9. The lowest BCUT2D eigenvalue weighted by atomic mass is 9.13. The maximum atomic E-state index is 2.36. The fourth-order valence-electron chi connectivity index (χ4n) is 11.0. The van der Waals surface area contributed by atoms with Crippen LogP contribution in [-0.2, 0) is 0 Å². The molecule has 372 valence electrons. The molecule has 2 heteroatoms.